The first kappa shape index (κ1) is 17.9. The van der Waals surface area contributed by atoms with Crippen LogP contribution >= 0.6 is 11.3 Å². The summed E-state index contributed by atoms with van der Waals surface area (Å²) in [4.78, 5) is 24.9. The Balaban J connectivity index is 1.63. The number of aromatic nitrogens is 4. The van der Waals surface area contributed by atoms with Gasteiger partial charge in [-0.15, -0.1) is 11.3 Å². The van der Waals surface area contributed by atoms with Gasteiger partial charge in [0.1, 0.15) is 22.5 Å². The van der Waals surface area contributed by atoms with Crippen molar-refractivity contribution in [3.8, 4) is 0 Å². The van der Waals surface area contributed by atoms with Crippen LogP contribution in [-0.2, 0) is 18.3 Å². The second-order valence-electron chi connectivity index (χ2n) is 7.51. The first-order valence-corrected chi connectivity index (χ1v) is 10.1. The molecule has 0 spiro atoms. The molecule has 0 aromatic carbocycles. The number of thiophene rings is 1. The van der Waals surface area contributed by atoms with E-state index in [2.05, 4.69) is 39.6 Å². The summed E-state index contributed by atoms with van der Waals surface area (Å²) < 4.78 is 1.71. The molecular weight excluding hydrogens is 360 g/mol. The Morgan fingerprint density at radius 2 is 2.19 bits per heavy atom. The summed E-state index contributed by atoms with van der Waals surface area (Å²) in [6, 6.07) is -0.283. The average molecular weight is 385 g/mol. The van der Waals surface area contributed by atoms with Crippen LogP contribution in [0.2, 0.25) is 0 Å². The standard InChI is InChI=1S/C19H24N6OS/c1-11(2)7-13-10-27-18-16(13)17(21-12(3)22-18)23-15-5-6-25(19(15)26)14-8-20-24(4)9-14/h8-11,15H,5-7H2,1-4H3,(H,21,22,23). The van der Waals surface area contributed by atoms with E-state index in [1.54, 1.807) is 27.1 Å². The highest BCUT2D eigenvalue weighted by molar-refractivity contribution is 7.17. The number of fused-ring (bicyclic) bond motifs is 1. The molecule has 1 amide bonds. The highest BCUT2D eigenvalue weighted by Crippen LogP contribution is 2.33. The van der Waals surface area contributed by atoms with Gasteiger partial charge in [0.05, 0.1) is 17.3 Å². The van der Waals surface area contributed by atoms with Crippen LogP contribution in [0, 0.1) is 12.8 Å². The molecule has 4 heterocycles. The molecule has 4 rings (SSSR count). The summed E-state index contributed by atoms with van der Waals surface area (Å²) in [5.41, 5.74) is 2.09. The molecule has 1 N–H and O–H groups in total. The molecule has 1 unspecified atom stereocenters. The number of hydrogen-bond acceptors (Lipinski definition) is 6. The molecule has 0 bridgehead atoms. The summed E-state index contributed by atoms with van der Waals surface area (Å²) in [6.45, 7) is 6.98. The Morgan fingerprint density at radius 1 is 1.37 bits per heavy atom. The van der Waals surface area contributed by atoms with Crippen molar-refractivity contribution < 1.29 is 4.79 Å². The lowest BCUT2D eigenvalue weighted by Gasteiger charge is -2.16. The van der Waals surface area contributed by atoms with Gasteiger partial charge in [-0.3, -0.25) is 9.48 Å². The van der Waals surface area contributed by atoms with Gasteiger partial charge >= 0.3 is 0 Å². The van der Waals surface area contributed by atoms with Gasteiger partial charge in [0, 0.05) is 19.8 Å². The minimum absolute atomic E-state index is 0.0630. The topological polar surface area (TPSA) is 75.9 Å². The minimum atomic E-state index is -0.283. The highest BCUT2D eigenvalue weighted by atomic mass is 32.1. The highest BCUT2D eigenvalue weighted by Gasteiger charge is 2.34. The maximum atomic E-state index is 12.9. The quantitative estimate of drug-likeness (QED) is 0.731. The van der Waals surface area contributed by atoms with Crippen molar-refractivity contribution >= 4 is 39.0 Å². The molecule has 3 aromatic heterocycles. The van der Waals surface area contributed by atoms with Gasteiger partial charge in [-0.1, -0.05) is 13.8 Å². The number of carbonyl (C=O) groups is 1. The molecule has 3 aromatic rings. The predicted molar refractivity (Wildman–Crippen MR) is 108 cm³/mol. The summed E-state index contributed by atoms with van der Waals surface area (Å²) in [5.74, 6) is 2.11. The summed E-state index contributed by atoms with van der Waals surface area (Å²) >= 11 is 1.65. The van der Waals surface area contributed by atoms with Crippen LogP contribution in [0.1, 0.15) is 31.7 Å². The van der Waals surface area contributed by atoms with E-state index in [9.17, 15) is 4.79 Å². The van der Waals surface area contributed by atoms with Crippen molar-refractivity contribution in [2.45, 2.75) is 39.7 Å². The van der Waals surface area contributed by atoms with E-state index in [1.807, 2.05) is 20.2 Å². The van der Waals surface area contributed by atoms with E-state index in [-0.39, 0.29) is 11.9 Å². The van der Waals surface area contributed by atoms with Crippen molar-refractivity contribution in [2.24, 2.45) is 13.0 Å². The Kier molecular flexibility index (Phi) is 4.59. The van der Waals surface area contributed by atoms with E-state index in [1.165, 1.54) is 5.56 Å². The molecule has 0 saturated carbocycles. The average Bonchev–Trinajstić information content (AvgIpc) is 3.28. The molecular formula is C19H24N6OS. The SMILES string of the molecule is Cc1nc(NC2CCN(c3cnn(C)c3)C2=O)c2c(CC(C)C)csc2n1. The molecule has 1 aliphatic heterocycles. The smallest absolute Gasteiger partial charge is 0.249 e. The fraction of sp³-hybridized carbons (Fsp3) is 0.474. The normalized spacial score (nSPS) is 17.4. The van der Waals surface area contributed by atoms with Crippen LogP contribution in [-0.4, -0.2) is 38.2 Å². The lowest BCUT2D eigenvalue weighted by Crippen LogP contribution is -2.33. The lowest BCUT2D eigenvalue weighted by molar-refractivity contribution is -0.117. The molecule has 142 valence electrons. The van der Waals surface area contributed by atoms with Gasteiger partial charge in [-0.25, -0.2) is 9.97 Å². The fourth-order valence-electron chi connectivity index (χ4n) is 3.58. The molecule has 1 aliphatic rings. The lowest BCUT2D eigenvalue weighted by atomic mass is 10.0. The maximum Gasteiger partial charge on any atom is 0.249 e. The van der Waals surface area contributed by atoms with Crippen LogP contribution in [0.3, 0.4) is 0 Å². The third-order valence-electron chi connectivity index (χ3n) is 4.77. The zero-order chi connectivity index (χ0) is 19.1. The Morgan fingerprint density at radius 3 is 2.89 bits per heavy atom. The van der Waals surface area contributed by atoms with Gasteiger partial charge in [0.2, 0.25) is 5.91 Å². The molecule has 8 heteroatoms. The molecule has 7 nitrogen and oxygen atoms in total. The third-order valence-corrected chi connectivity index (χ3v) is 5.69. The van der Waals surface area contributed by atoms with Crippen LogP contribution in [0.15, 0.2) is 17.8 Å². The predicted octanol–water partition coefficient (Wildman–Crippen LogP) is 3.15. The Bertz CT molecular complexity index is 991. The van der Waals surface area contributed by atoms with E-state index < -0.39 is 0 Å². The van der Waals surface area contributed by atoms with Crippen molar-refractivity contribution in [1.82, 2.24) is 19.7 Å². The first-order chi connectivity index (χ1) is 12.9. The number of rotatable bonds is 5. The van der Waals surface area contributed by atoms with Gasteiger partial charge in [-0.2, -0.15) is 5.10 Å². The van der Waals surface area contributed by atoms with Crippen LogP contribution in [0.25, 0.3) is 10.2 Å². The third kappa shape index (κ3) is 3.41. The van der Waals surface area contributed by atoms with E-state index in [0.717, 1.165) is 40.4 Å². The van der Waals surface area contributed by atoms with Crippen LogP contribution < -0.4 is 10.2 Å². The van der Waals surface area contributed by atoms with Gasteiger partial charge < -0.3 is 10.2 Å². The van der Waals surface area contributed by atoms with Gasteiger partial charge in [0.15, 0.2) is 0 Å². The van der Waals surface area contributed by atoms with Crippen molar-refractivity contribution in [3.05, 3.63) is 29.2 Å². The van der Waals surface area contributed by atoms with Crippen LogP contribution in [0.4, 0.5) is 11.5 Å². The molecule has 1 saturated heterocycles. The zero-order valence-electron chi connectivity index (χ0n) is 16.1. The fourth-order valence-corrected chi connectivity index (χ4v) is 4.58. The molecule has 1 fully saturated rings. The first-order valence-electron chi connectivity index (χ1n) is 9.23. The van der Waals surface area contributed by atoms with E-state index >= 15 is 0 Å². The van der Waals surface area contributed by atoms with E-state index in [4.69, 9.17) is 0 Å². The summed E-state index contributed by atoms with van der Waals surface area (Å²) in [6.07, 6.45) is 5.31. The van der Waals surface area contributed by atoms with Crippen molar-refractivity contribution in [2.75, 3.05) is 16.8 Å². The molecule has 1 atom stereocenters. The van der Waals surface area contributed by atoms with Crippen molar-refractivity contribution in [1.29, 1.82) is 0 Å². The summed E-state index contributed by atoms with van der Waals surface area (Å²) in [7, 11) is 1.85. The second kappa shape index (κ2) is 6.92. The number of carbonyl (C=O) groups excluding carboxylic acids is 1. The van der Waals surface area contributed by atoms with Gasteiger partial charge in [0.25, 0.3) is 0 Å². The minimum Gasteiger partial charge on any atom is -0.358 e. The molecule has 27 heavy (non-hydrogen) atoms. The maximum absolute atomic E-state index is 12.9. The Labute approximate surface area is 162 Å². The number of aryl methyl sites for hydroxylation is 2. The van der Waals surface area contributed by atoms with Crippen LogP contribution in [0.5, 0.6) is 0 Å². The number of amides is 1. The number of anilines is 2. The van der Waals surface area contributed by atoms with Crippen molar-refractivity contribution in [3.63, 3.8) is 0 Å². The number of hydrogen-bond donors (Lipinski definition) is 1. The van der Waals surface area contributed by atoms with Gasteiger partial charge in [-0.05, 0) is 36.6 Å². The summed E-state index contributed by atoms with van der Waals surface area (Å²) in [5, 5.41) is 10.8. The molecule has 0 aliphatic carbocycles. The second-order valence-corrected chi connectivity index (χ2v) is 8.36. The largest absolute Gasteiger partial charge is 0.358 e. The molecule has 0 radical (unpaired) electrons. The number of nitrogens with zero attached hydrogens (tertiary/aromatic N) is 5. The van der Waals surface area contributed by atoms with E-state index in [0.29, 0.717) is 12.5 Å². The Hall–Kier alpha value is -2.48. The number of nitrogens with one attached hydrogen (secondary N) is 1. The monoisotopic (exact) mass is 384 g/mol. The zero-order valence-corrected chi connectivity index (χ0v) is 16.9.